The Balaban J connectivity index is 1.56. The molecule has 0 bridgehead atoms. The zero-order valence-corrected chi connectivity index (χ0v) is 17.4. The molecule has 4 rings (SSSR count). The van der Waals surface area contributed by atoms with Crippen molar-refractivity contribution in [1.29, 1.82) is 0 Å². The summed E-state index contributed by atoms with van der Waals surface area (Å²) in [4.78, 5) is 0.0134. The van der Waals surface area contributed by atoms with Crippen molar-refractivity contribution < 1.29 is 16.8 Å². The van der Waals surface area contributed by atoms with Crippen LogP contribution in [0.4, 0.5) is 0 Å². The van der Waals surface area contributed by atoms with Crippen molar-refractivity contribution in [3.63, 3.8) is 0 Å². The highest BCUT2D eigenvalue weighted by molar-refractivity contribution is 7.90. The van der Waals surface area contributed by atoms with Crippen LogP contribution in [0.25, 0.3) is 21.5 Å². The van der Waals surface area contributed by atoms with Crippen LogP contribution >= 0.6 is 0 Å². The second-order valence-corrected chi connectivity index (χ2v) is 10.1. The quantitative estimate of drug-likeness (QED) is 0.480. The van der Waals surface area contributed by atoms with Crippen molar-refractivity contribution in [3.05, 3.63) is 97.3 Å². The minimum atomic E-state index is -4.02. The lowest BCUT2D eigenvalue weighted by molar-refractivity contribution is 0.581. The van der Waals surface area contributed by atoms with Gasteiger partial charge in [-0.2, -0.15) is 0 Å². The van der Waals surface area contributed by atoms with E-state index in [1.807, 2.05) is 36.4 Å². The molecule has 0 saturated heterocycles. The molecule has 0 amide bonds. The van der Waals surface area contributed by atoms with Gasteiger partial charge in [-0.25, -0.2) is 16.8 Å². The first-order valence-electron chi connectivity index (χ1n) is 8.97. The summed E-state index contributed by atoms with van der Waals surface area (Å²) in [7, 11) is -8.03. The summed E-state index contributed by atoms with van der Waals surface area (Å²) in [6, 6.07) is 24.0. The van der Waals surface area contributed by atoms with Crippen LogP contribution in [0.1, 0.15) is 0 Å². The fourth-order valence-electron chi connectivity index (χ4n) is 3.13. The third kappa shape index (κ3) is 4.00. The Morgan fingerprint density at radius 3 is 1.33 bits per heavy atom. The van der Waals surface area contributed by atoms with Crippen LogP contribution in [0.5, 0.6) is 0 Å². The van der Waals surface area contributed by atoms with Gasteiger partial charge in [0.15, 0.2) is 0 Å². The summed E-state index contributed by atoms with van der Waals surface area (Å²) in [6.07, 6.45) is 0. The van der Waals surface area contributed by atoms with Crippen LogP contribution in [-0.4, -0.2) is 16.8 Å². The van der Waals surface area contributed by atoms with E-state index in [4.69, 9.17) is 0 Å². The maximum Gasteiger partial charge on any atom is 0.263 e. The van der Waals surface area contributed by atoms with Crippen LogP contribution in [0.3, 0.4) is 0 Å². The standard InChI is InChI=1S/C22H18N2O4S2/c1-16(23-29(25,26)21-12-10-17-6-2-4-8-19(17)14-21)24-30(27,28)22-13-11-18-7-3-5-9-20(18)15-22/h2-15,23-24H,1H2. The van der Waals surface area contributed by atoms with Gasteiger partial charge >= 0.3 is 0 Å². The molecule has 8 heteroatoms. The minimum Gasteiger partial charge on any atom is -0.265 e. The first-order valence-corrected chi connectivity index (χ1v) is 11.9. The van der Waals surface area contributed by atoms with Crippen LogP contribution < -0.4 is 9.44 Å². The SMILES string of the molecule is C=C(NS(=O)(=O)c1ccc2ccccc2c1)NS(=O)(=O)c1ccc2ccccc2c1. The highest BCUT2D eigenvalue weighted by Crippen LogP contribution is 2.21. The molecule has 0 aliphatic carbocycles. The lowest BCUT2D eigenvalue weighted by atomic mass is 10.1. The molecule has 0 aromatic heterocycles. The number of hydrogen-bond donors (Lipinski definition) is 2. The Morgan fingerprint density at radius 2 is 0.933 bits per heavy atom. The van der Waals surface area contributed by atoms with Crippen LogP contribution in [0.15, 0.2) is 107 Å². The van der Waals surface area contributed by atoms with Gasteiger partial charge in [-0.1, -0.05) is 67.2 Å². The Labute approximate surface area is 175 Å². The van der Waals surface area contributed by atoms with Crippen molar-refractivity contribution >= 4 is 41.6 Å². The second kappa shape index (κ2) is 7.47. The van der Waals surface area contributed by atoms with E-state index in [-0.39, 0.29) is 15.6 Å². The lowest BCUT2D eigenvalue weighted by Crippen LogP contribution is -2.34. The summed E-state index contributed by atoms with van der Waals surface area (Å²) in [6.45, 7) is 3.52. The van der Waals surface area contributed by atoms with E-state index in [9.17, 15) is 16.8 Å². The van der Waals surface area contributed by atoms with Gasteiger partial charge in [0.25, 0.3) is 20.0 Å². The normalized spacial score (nSPS) is 12.0. The summed E-state index contributed by atoms with van der Waals surface area (Å²) in [5.74, 6) is -0.365. The lowest BCUT2D eigenvalue weighted by Gasteiger charge is -2.14. The Morgan fingerprint density at radius 1 is 0.567 bits per heavy atom. The van der Waals surface area contributed by atoms with Crippen LogP contribution in [-0.2, 0) is 20.0 Å². The number of benzene rings is 4. The Bertz CT molecular complexity index is 1380. The molecule has 0 heterocycles. The molecule has 30 heavy (non-hydrogen) atoms. The molecule has 4 aromatic rings. The highest BCUT2D eigenvalue weighted by Gasteiger charge is 2.20. The second-order valence-electron chi connectivity index (χ2n) is 6.71. The summed E-state index contributed by atoms with van der Waals surface area (Å²) in [5, 5.41) is 3.30. The van der Waals surface area contributed by atoms with E-state index < -0.39 is 20.0 Å². The van der Waals surface area contributed by atoms with Crippen molar-refractivity contribution in [2.24, 2.45) is 0 Å². The number of nitrogens with one attached hydrogen (secondary N) is 2. The molecule has 0 saturated carbocycles. The van der Waals surface area contributed by atoms with E-state index >= 15 is 0 Å². The van der Waals surface area contributed by atoms with E-state index in [0.29, 0.717) is 0 Å². The van der Waals surface area contributed by atoms with Gasteiger partial charge < -0.3 is 0 Å². The monoisotopic (exact) mass is 438 g/mol. The van der Waals surface area contributed by atoms with Gasteiger partial charge in [0.05, 0.1) is 9.79 Å². The molecular formula is C22H18N2O4S2. The van der Waals surface area contributed by atoms with E-state index in [2.05, 4.69) is 16.0 Å². The van der Waals surface area contributed by atoms with E-state index in [0.717, 1.165) is 21.5 Å². The van der Waals surface area contributed by atoms with E-state index in [1.54, 1.807) is 24.3 Å². The van der Waals surface area contributed by atoms with Crippen LogP contribution in [0, 0.1) is 0 Å². The number of fused-ring (bicyclic) bond motifs is 2. The number of sulfonamides is 2. The summed E-state index contributed by atoms with van der Waals surface area (Å²) in [5.41, 5.74) is 0. The van der Waals surface area contributed by atoms with Gasteiger partial charge in [0.2, 0.25) is 0 Å². The van der Waals surface area contributed by atoms with Gasteiger partial charge in [-0.3, -0.25) is 9.44 Å². The average Bonchev–Trinajstić information content (AvgIpc) is 2.72. The molecule has 4 aromatic carbocycles. The zero-order valence-electron chi connectivity index (χ0n) is 15.7. The number of hydrogen-bond acceptors (Lipinski definition) is 4. The fourth-order valence-corrected chi connectivity index (χ4v) is 5.24. The summed E-state index contributed by atoms with van der Waals surface area (Å²) >= 11 is 0. The Hall–Kier alpha value is -3.36. The third-order valence-electron chi connectivity index (χ3n) is 4.58. The Kier molecular flexibility index (Phi) is 4.97. The maximum atomic E-state index is 12.7. The molecule has 0 atom stereocenters. The smallest absolute Gasteiger partial charge is 0.263 e. The molecule has 0 radical (unpaired) electrons. The molecular weight excluding hydrogens is 420 g/mol. The van der Waals surface area contributed by atoms with Crippen molar-refractivity contribution in [2.75, 3.05) is 0 Å². The fraction of sp³-hybridized carbons (Fsp3) is 0. The van der Waals surface area contributed by atoms with Gasteiger partial charge in [0, 0.05) is 0 Å². The molecule has 6 nitrogen and oxygen atoms in total. The number of rotatable bonds is 6. The predicted molar refractivity (Wildman–Crippen MR) is 118 cm³/mol. The van der Waals surface area contributed by atoms with Gasteiger partial charge in [0.1, 0.15) is 5.82 Å². The van der Waals surface area contributed by atoms with E-state index in [1.165, 1.54) is 24.3 Å². The zero-order chi connectivity index (χ0) is 21.4. The molecule has 2 N–H and O–H groups in total. The molecule has 0 spiro atoms. The third-order valence-corrected chi connectivity index (χ3v) is 7.36. The van der Waals surface area contributed by atoms with Crippen LogP contribution in [0.2, 0.25) is 0 Å². The predicted octanol–water partition coefficient (Wildman–Crippen LogP) is 3.72. The van der Waals surface area contributed by atoms with Gasteiger partial charge in [-0.15, -0.1) is 0 Å². The topological polar surface area (TPSA) is 92.3 Å². The molecule has 0 aliphatic rings. The first-order chi connectivity index (χ1) is 14.2. The highest BCUT2D eigenvalue weighted by atomic mass is 32.2. The first kappa shape index (κ1) is 19.9. The molecule has 0 fully saturated rings. The van der Waals surface area contributed by atoms with Gasteiger partial charge in [-0.05, 0) is 45.8 Å². The minimum absolute atomic E-state index is 0.00672. The molecule has 0 unspecified atom stereocenters. The van der Waals surface area contributed by atoms with Crippen molar-refractivity contribution in [3.8, 4) is 0 Å². The largest absolute Gasteiger partial charge is 0.265 e. The van der Waals surface area contributed by atoms with Crippen molar-refractivity contribution in [1.82, 2.24) is 9.44 Å². The maximum absolute atomic E-state index is 12.7. The average molecular weight is 439 g/mol. The molecule has 152 valence electrons. The van der Waals surface area contributed by atoms with Crippen molar-refractivity contribution in [2.45, 2.75) is 9.79 Å². The summed E-state index contributed by atoms with van der Waals surface area (Å²) < 4.78 is 55.1. The molecule has 0 aliphatic heterocycles.